The van der Waals surface area contributed by atoms with Gasteiger partial charge in [0.1, 0.15) is 5.75 Å². The second-order valence-corrected chi connectivity index (χ2v) is 10.1. The van der Waals surface area contributed by atoms with Gasteiger partial charge in [-0.15, -0.1) is 13.2 Å². The molecule has 2 N–H and O–H groups in total. The van der Waals surface area contributed by atoms with Gasteiger partial charge in [0.05, 0.1) is 4.90 Å². The zero-order valence-electron chi connectivity index (χ0n) is 18.3. The molecule has 0 aliphatic carbocycles. The number of nitrogens with zero attached hydrogens (tertiary/aromatic N) is 2. The van der Waals surface area contributed by atoms with Crippen LogP contribution in [-0.4, -0.2) is 62.6 Å². The first-order valence-corrected chi connectivity index (χ1v) is 12.2. The first-order chi connectivity index (χ1) is 16.4. The van der Waals surface area contributed by atoms with E-state index < -0.39 is 16.4 Å². The Labute approximate surface area is 199 Å². The van der Waals surface area contributed by atoms with Gasteiger partial charge in [0.15, 0.2) is 0 Å². The number of halogens is 3. The van der Waals surface area contributed by atoms with E-state index in [9.17, 15) is 31.2 Å². The predicted octanol–water partition coefficient (Wildman–Crippen LogP) is 2.48. The third-order valence-electron chi connectivity index (χ3n) is 6.05. The normalized spacial score (nSPS) is 20.3. The Bertz CT molecular complexity index is 1230. The summed E-state index contributed by atoms with van der Waals surface area (Å²) < 4.78 is 63.3. The third kappa shape index (κ3) is 6.01. The van der Waals surface area contributed by atoms with Crippen molar-refractivity contribution in [1.82, 2.24) is 9.80 Å². The van der Waals surface area contributed by atoms with E-state index in [4.69, 9.17) is 5.14 Å². The smallest absolute Gasteiger partial charge is 0.406 e. The summed E-state index contributed by atoms with van der Waals surface area (Å²) in [7, 11) is -3.84. The minimum absolute atomic E-state index is 0.0693. The Morgan fingerprint density at radius 3 is 1.97 bits per heavy atom. The molecule has 2 atom stereocenters. The van der Waals surface area contributed by atoms with E-state index in [0.717, 1.165) is 0 Å². The quantitative estimate of drug-likeness (QED) is 0.623. The van der Waals surface area contributed by atoms with Crippen LogP contribution in [0, 0.1) is 11.8 Å². The van der Waals surface area contributed by atoms with Crippen molar-refractivity contribution >= 4 is 27.9 Å². The summed E-state index contributed by atoms with van der Waals surface area (Å²) in [6.07, 6.45) is -1.87. The van der Waals surface area contributed by atoms with Crippen LogP contribution in [0.3, 0.4) is 0 Å². The number of alkyl halides is 3. The number of amides is 2. The van der Waals surface area contributed by atoms with E-state index in [1.54, 1.807) is 9.80 Å². The lowest BCUT2D eigenvalue weighted by Crippen LogP contribution is -2.35. The number of likely N-dealkylation sites (tertiary alicyclic amines) is 2. The molecule has 2 unspecified atom stereocenters. The van der Waals surface area contributed by atoms with Crippen LogP contribution in [0.2, 0.25) is 0 Å². The molecule has 186 valence electrons. The lowest BCUT2D eigenvalue weighted by Gasteiger charge is -2.21. The number of carbonyl (C=O) groups is 2. The average molecular weight is 510 g/mol. The lowest BCUT2D eigenvalue weighted by atomic mass is 10.0. The highest BCUT2D eigenvalue weighted by atomic mass is 32.2. The van der Waals surface area contributed by atoms with Gasteiger partial charge in [-0.1, -0.05) is 12.1 Å². The lowest BCUT2D eigenvalue weighted by molar-refractivity contribution is -0.274. The van der Waals surface area contributed by atoms with E-state index in [1.807, 2.05) is 0 Å². The maximum atomic E-state index is 12.8. The maximum Gasteiger partial charge on any atom is 0.573 e. The molecule has 35 heavy (non-hydrogen) atoms. The van der Waals surface area contributed by atoms with Crippen molar-refractivity contribution in [3.8, 4) is 5.75 Å². The van der Waals surface area contributed by atoms with Crippen molar-refractivity contribution in [3.63, 3.8) is 0 Å². The van der Waals surface area contributed by atoms with Crippen LogP contribution >= 0.6 is 0 Å². The molecule has 2 heterocycles. The van der Waals surface area contributed by atoms with Gasteiger partial charge >= 0.3 is 6.36 Å². The van der Waals surface area contributed by atoms with Crippen LogP contribution in [0.4, 0.5) is 13.2 Å². The van der Waals surface area contributed by atoms with Crippen molar-refractivity contribution in [2.45, 2.75) is 11.3 Å². The molecule has 2 aromatic carbocycles. The molecule has 2 aliphatic heterocycles. The number of hydrogen-bond acceptors (Lipinski definition) is 5. The number of primary sulfonamides is 1. The molecule has 2 aliphatic rings. The largest absolute Gasteiger partial charge is 0.573 e. The summed E-state index contributed by atoms with van der Waals surface area (Å²) in [6, 6.07) is 10.6. The van der Waals surface area contributed by atoms with Gasteiger partial charge in [-0.3, -0.25) is 9.59 Å². The highest BCUT2D eigenvalue weighted by Crippen LogP contribution is 2.32. The minimum atomic E-state index is -4.76. The fourth-order valence-corrected chi connectivity index (χ4v) is 4.88. The van der Waals surface area contributed by atoms with Crippen LogP contribution in [-0.2, 0) is 14.8 Å². The van der Waals surface area contributed by atoms with Gasteiger partial charge in [-0.2, -0.15) is 0 Å². The minimum Gasteiger partial charge on any atom is -0.406 e. The molecule has 2 fully saturated rings. The maximum absolute atomic E-state index is 12.8. The molecule has 8 nitrogen and oxygen atoms in total. The molecular formula is C23H22F3N3O5S. The van der Waals surface area contributed by atoms with Crippen LogP contribution in [0.15, 0.2) is 59.5 Å². The monoisotopic (exact) mass is 509 g/mol. The van der Waals surface area contributed by atoms with Crippen molar-refractivity contribution in [3.05, 3.63) is 65.7 Å². The zero-order chi connectivity index (χ0) is 25.4. The van der Waals surface area contributed by atoms with Crippen molar-refractivity contribution in [1.29, 1.82) is 0 Å². The highest BCUT2D eigenvalue weighted by Gasteiger charge is 2.42. The Balaban J connectivity index is 1.30. The summed E-state index contributed by atoms with van der Waals surface area (Å²) in [5.41, 5.74) is 0.914. The Morgan fingerprint density at radius 1 is 0.914 bits per heavy atom. The Kier molecular flexibility index (Phi) is 6.60. The number of hydrogen-bond donors (Lipinski definition) is 1. The van der Waals surface area contributed by atoms with Gasteiger partial charge in [0, 0.05) is 49.7 Å². The first-order valence-electron chi connectivity index (χ1n) is 10.6. The molecule has 2 amide bonds. The molecule has 0 radical (unpaired) electrons. The summed E-state index contributed by atoms with van der Waals surface area (Å²) >= 11 is 0. The van der Waals surface area contributed by atoms with Crippen molar-refractivity contribution < 1.29 is 35.9 Å². The summed E-state index contributed by atoms with van der Waals surface area (Å²) in [5.74, 6) is -0.520. The van der Waals surface area contributed by atoms with Crippen molar-refractivity contribution in [2.24, 2.45) is 17.0 Å². The van der Waals surface area contributed by atoms with Gasteiger partial charge in [-0.05, 0) is 48.0 Å². The SMILES string of the molecule is NS(=O)(=O)c1ccc(C(=O)N2CC3CN(C(=O)C=Cc4ccc(OC(F)(F)F)cc4)CC3C2)cc1. The second-order valence-electron chi connectivity index (χ2n) is 8.49. The van der Waals surface area contributed by atoms with Gasteiger partial charge in [0.2, 0.25) is 15.9 Å². The fraction of sp³-hybridized carbons (Fsp3) is 0.304. The van der Waals surface area contributed by atoms with Crippen LogP contribution < -0.4 is 9.88 Å². The number of ether oxygens (including phenoxy) is 1. The molecule has 0 spiro atoms. The molecular weight excluding hydrogens is 487 g/mol. The Hall–Kier alpha value is -3.38. The second kappa shape index (κ2) is 9.34. The van der Waals surface area contributed by atoms with Crippen LogP contribution in [0.25, 0.3) is 6.08 Å². The Morgan fingerprint density at radius 2 is 1.46 bits per heavy atom. The third-order valence-corrected chi connectivity index (χ3v) is 6.98. The number of carbonyl (C=O) groups excluding carboxylic acids is 2. The summed E-state index contributed by atoms with van der Waals surface area (Å²) in [5, 5.41) is 5.08. The average Bonchev–Trinajstić information content (AvgIpc) is 3.36. The highest BCUT2D eigenvalue weighted by molar-refractivity contribution is 7.89. The topological polar surface area (TPSA) is 110 Å². The molecule has 2 aromatic rings. The standard InChI is InChI=1S/C23H22F3N3O5S/c24-23(25,26)34-19-6-1-15(2-7-19)3-10-21(30)28-11-17-13-29(14-18(17)12-28)22(31)16-4-8-20(9-5-16)35(27,32)33/h1-10,17-18H,11-14H2,(H2,27,32,33). The summed E-state index contributed by atoms with van der Waals surface area (Å²) in [6.45, 7) is 1.93. The molecule has 0 bridgehead atoms. The zero-order valence-corrected chi connectivity index (χ0v) is 19.1. The van der Waals surface area contributed by atoms with Crippen LogP contribution in [0.1, 0.15) is 15.9 Å². The van der Waals surface area contributed by atoms with Gasteiger partial charge in [0.25, 0.3) is 5.91 Å². The molecule has 12 heteroatoms. The molecule has 4 rings (SSSR count). The van der Waals surface area contributed by atoms with E-state index >= 15 is 0 Å². The molecule has 0 saturated carbocycles. The van der Waals surface area contributed by atoms with E-state index in [2.05, 4.69) is 4.74 Å². The van der Waals surface area contributed by atoms with E-state index in [-0.39, 0.29) is 34.3 Å². The number of rotatable bonds is 5. The van der Waals surface area contributed by atoms with Crippen molar-refractivity contribution in [2.75, 3.05) is 26.2 Å². The van der Waals surface area contributed by atoms with E-state index in [1.165, 1.54) is 60.7 Å². The molecule has 0 aromatic heterocycles. The van der Waals surface area contributed by atoms with Crippen LogP contribution in [0.5, 0.6) is 5.75 Å². The number of benzene rings is 2. The van der Waals surface area contributed by atoms with Gasteiger partial charge in [-0.25, -0.2) is 13.6 Å². The first kappa shape index (κ1) is 24.7. The number of fused-ring (bicyclic) bond motifs is 1. The van der Waals surface area contributed by atoms with E-state index in [0.29, 0.717) is 37.3 Å². The fourth-order valence-electron chi connectivity index (χ4n) is 4.36. The summed E-state index contributed by atoms with van der Waals surface area (Å²) in [4.78, 5) is 28.7. The number of nitrogens with two attached hydrogens (primary N) is 1. The predicted molar refractivity (Wildman–Crippen MR) is 119 cm³/mol. The number of sulfonamides is 1. The van der Waals surface area contributed by atoms with Gasteiger partial charge < -0.3 is 14.5 Å². The molecule has 2 saturated heterocycles.